The molecule has 106 valence electrons. The summed E-state index contributed by atoms with van der Waals surface area (Å²) in [5, 5.41) is 5.53. The van der Waals surface area contributed by atoms with Gasteiger partial charge in [0.25, 0.3) is 0 Å². The Bertz CT molecular complexity index is 289. The van der Waals surface area contributed by atoms with E-state index in [9.17, 15) is 9.59 Å². The molecule has 1 aliphatic rings. The first-order chi connectivity index (χ1) is 7.96. The van der Waals surface area contributed by atoms with Crippen molar-refractivity contribution in [3.8, 4) is 0 Å². The zero-order valence-corrected chi connectivity index (χ0v) is 11.9. The first-order valence-corrected chi connectivity index (χ1v) is 6.30. The number of carbonyl (C=O) groups is 2. The van der Waals surface area contributed by atoms with Crippen LogP contribution in [0.1, 0.15) is 39.5 Å². The third-order valence-corrected chi connectivity index (χ3v) is 3.18. The van der Waals surface area contributed by atoms with Crippen molar-refractivity contribution in [2.24, 2.45) is 11.7 Å². The van der Waals surface area contributed by atoms with E-state index in [1.165, 1.54) is 0 Å². The second-order valence-electron chi connectivity index (χ2n) is 5.06. The van der Waals surface area contributed by atoms with Crippen molar-refractivity contribution in [2.75, 3.05) is 13.1 Å². The number of amides is 2. The number of hydrogen-bond acceptors (Lipinski definition) is 3. The van der Waals surface area contributed by atoms with Gasteiger partial charge < -0.3 is 16.4 Å². The molecule has 0 bridgehead atoms. The van der Waals surface area contributed by atoms with Gasteiger partial charge in [0.15, 0.2) is 0 Å². The Labute approximate surface area is 115 Å². The van der Waals surface area contributed by atoms with E-state index in [4.69, 9.17) is 5.73 Å². The van der Waals surface area contributed by atoms with E-state index in [1.54, 1.807) is 0 Å². The summed E-state index contributed by atoms with van der Waals surface area (Å²) in [7, 11) is 0. The minimum atomic E-state index is -0.679. The minimum absolute atomic E-state index is 0. The van der Waals surface area contributed by atoms with Crippen LogP contribution < -0.4 is 16.4 Å². The van der Waals surface area contributed by atoms with Gasteiger partial charge in [-0.15, -0.1) is 12.4 Å². The van der Waals surface area contributed by atoms with Crippen LogP contribution in [-0.2, 0) is 9.59 Å². The van der Waals surface area contributed by atoms with Crippen LogP contribution >= 0.6 is 12.4 Å². The molecule has 18 heavy (non-hydrogen) atoms. The van der Waals surface area contributed by atoms with Crippen LogP contribution in [0.2, 0.25) is 0 Å². The Morgan fingerprint density at radius 3 is 2.17 bits per heavy atom. The Hall–Kier alpha value is -0.810. The molecule has 1 fully saturated rings. The molecule has 0 aromatic carbocycles. The lowest BCUT2D eigenvalue weighted by Gasteiger charge is -2.22. The molecule has 0 heterocycles. The predicted octanol–water partition coefficient (Wildman–Crippen LogP) is 0.568. The summed E-state index contributed by atoms with van der Waals surface area (Å²) >= 11 is 0. The average Bonchev–Trinajstić information content (AvgIpc) is 2.72. The summed E-state index contributed by atoms with van der Waals surface area (Å²) in [5.74, 6) is -0.113. The molecule has 1 rings (SSSR count). The quantitative estimate of drug-likeness (QED) is 0.642. The normalized spacial score (nSPS) is 17.1. The second-order valence-corrected chi connectivity index (χ2v) is 5.06. The molecule has 0 saturated heterocycles. The van der Waals surface area contributed by atoms with Gasteiger partial charge in [0.05, 0.1) is 5.54 Å². The Morgan fingerprint density at radius 2 is 1.67 bits per heavy atom. The molecule has 0 radical (unpaired) electrons. The third kappa shape index (κ3) is 4.82. The maximum Gasteiger partial charge on any atom is 0.240 e. The second kappa shape index (κ2) is 7.59. The SMILES string of the molecule is CC(C)C(=O)NCCNC(=O)C1(N)CCCC1.Cl. The predicted molar refractivity (Wildman–Crippen MR) is 73.5 cm³/mol. The number of nitrogens with one attached hydrogen (secondary N) is 2. The summed E-state index contributed by atoms with van der Waals surface area (Å²) in [6, 6.07) is 0. The molecule has 1 aliphatic carbocycles. The Morgan fingerprint density at radius 1 is 1.17 bits per heavy atom. The summed E-state index contributed by atoms with van der Waals surface area (Å²) in [5.41, 5.74) is 5.31. The van der Waals surface area contributed by atoms with Crippen LogP contribution in [-0.4, -0.2) is 30.4 Å². The van der Waals surface area contributed by atoms with Crippen LogP contribution in [0.15, 0.2) is 0 Å². The molecule has 0 aromatic heterocycles. The number of rotatable bonds is 5. The van der Waals surface area contributed by atoms with Crippen molar-refractivity contribution < 1.29 is 9.59 Å². The van der Waals surface area contributed by atoms with Crippen LogP contribution in [0.3, 0.4) is 0 Å². The molecule has 5 nitrogen and oxygen atoms in total. The van der Waals surface area contributed by atoms with Crippen LogP contribution in [0.4, 0.5) is 0 Å². The Kier molecular flexibility index (Phi) is 7.25. The van der Waals surface area contributed by atoms with Crippen molar-refractivity contribution >= 4 is 24.2 Å². The van der Waals surface area contributed by atoms with E-state index >= 15 is 0 Å². The molecule has 4 N–H and O–H groups in total. The van der Waals surface area contributed by atoms with Gasteiger partial charge in [-0.05, 0) is 12.8 Å². The van der Waals surface area contributed by atoms with E-state index in [-0.39, 0.29) is 30.1 Å². The lowest BCUT2D eigenvalue weighted by molar-refractivity contribution is -0.127. The highest BCUT2D eigenvalue weighted by atomic mass is 35.5. The zero-order chi connectivity index (χ0) is 12.9. The van der Waals surface area contributed by atoms with Crippen molar-refractivity contribution in [3.63, 3.8) is 0 Å². The first kappa shape index (κ1) is 17.2. The molecule has 6 heteroatoms. The van der Waals surface area contributed by atoms with Gasteiger partial charge in [0.1, 0.15) is 0 Å². The van der Waals surface area contributed by atoms with Crippen molar-refractivity contribution in [3.05, 3.63) is 0 Å². The smallest absolute Gasteiger partial charge is 0.240 e. The van der Waals surface area contributed by atoms with Crippen molar-refractivity contribution in [1.29, 1.82) is 0 Å². The van der Waals surface area contributed by atoms with Crippen LogP contribution in [0, 0.1) is 5.92 Å². The molecule has 0 spiro atoms. The number of hydrogen-bond donors (Lipinski definition) is 3. The van der Waals surface area contributed by atoms with Gasteiger partial charge in [-0.25, -0.2) is 0 Å². The lowest BCUT2D eigenvalue weighted by Crippen LogP contribution is -2.53. The number of nitrogens with two attached hydrogens (primary N) is 1. The lowest BCUT2D eigenvalue weighted by atomic mass is 9.98. The fraction of sp³-hybridized carbons (Fsp3) is 0.833. The molecule has 0 aromatic rings. The highest BCUT2D eigenvalue weighted by Gasteiger charge is 2.36. The van der Waals surface area contributed by atoms with Gasteiger partial charge in [-0.3, -0.25) is 9.59 Å². The molecular weight excluding hydrogens is 254 g/mol. The van der Waals surface area contributed by atoms with Crippen LogP contribution in [0.25, 0.3) is 0 Å². The number of carbonyl (C=O) groups excluding carboxylic acids is 2. The Balaban J connectivity index is 0.00000289. The fourth-order valence-electron chi connectivity index (χ4n) is 1.97. The highest BCUT2D eigenvalue weighted by molar-refractivity contribution is 5.86. The minimum Gasteiger partial charge on any atom is -0.354 e. The zero-order valence-electron chi connectivity index (χ0n) is 11.1. The summed E-state index contributed by atoms with van der Waals surface area (Å²) < 4.78 is 0. The fourth-order valence-corrected chi connectivity index (χ4v) is 1.97. The maximum atomic E-state index is 11.8. The van der Waals surface area contributed by atoms with Gasteiger partial charge >= 0.3 is 0 Å². The van der Waals surface area contributed by atoms with Crippen molar-refractivity contribution in [1.82, 2.24) is 10.6 Å². The van der Waals surface area contributed by atoms with E-state index in [0.717, 1.165) is 25.7 Å². The van der Waals surface area contributed by atoms with E-state index < -0.39 is 5.54 Å². The average molecular weight is 278 g/mol. The highest BCUT2D eigenvalue weighted by Crippen LogP contribution is 2.26. The largest absolute Gasteiger partial charge is 0.354 e. The van der Waals surface area contributed by atoms with Gasteiger partial charge in [-0.1, -0.05) is 26.7 Å². The van der Waals surface area contributed by atoms with Gasteiger partial charge in [0, 0.05) is 19.0 Å². The topological polar surface area (TPSA) is 84.2 Å². The van der Waals surface area contributed by atoms with E-state index in [2.05, 4.69) is 10.6 Å². The standard InChI is InChI=1S/C12H23N3O2.ClH/c1-9(2)10(16)14-7-8-15-11(17)12(13)5-3-4-6-12;/h9H,3-8,13H2,1-2H3,(H,14,16)(H,15,17);1H. The van der Waals surface area contributed by atoms with Gasteiger partial charge in [0.2, 0.25) is 11.8 Å². The summed E-state index contributed by atoms with van der Waals surface area (Å²) in [4.78, 5) is 23.1. The molecule has 0 atom stereocenters. The van der Waals surface area contributed by atoms with E-state index in [1.807, 2.05) is 13.8 Å². The van der Waals surface area contributed by atoms with Crippen molar-refractivity contribution in [2.45, 2.75) is 45.1 Å². The first-order valence-electron chi connectivity index (χ1n) is 6.30. The maximum absolute atomic E-state index is 11.8. The monoisotopic (exact) mass is 277 g/mol. The molecule has 1 saturated carbocycles. The third-order valence-electron chi connectivity index (χ3n) is 3.18. The molecule has 0 unspecified atom stereocenters. The molecule has 0 aliphatic heterocycles. The van der Waals surface area contributed by atoms with Crippen LogP contribution in [0.5, 0.6) is 0 Å². The summed E-state index contributed by atoms with van der Waals surface area (Å²) in [6.45, 7) is 4.57. The molecular formula is C12H24ClN3O2. The number of halogens is 1. The summed E-state index contributed by atoms with van der Waals surface area (Å²) in [6.07, 6.45) is 3.57. The van der Waals surface area contributed by atoms with Gasteiger partial charge in [-0.2, -0.15) is 0 Å². The molecule has 2 amide bonds. The van der Waals surface area contributed by atoms with E-state index in [0.29, 0.717) is 13.1 Å².